The van der Waals surface area contributed by atoms with Crippen molar-refractivity contribution in [3.63, 3.8) is 0 Å². The van der Waals surface area contributed by atoms with Crippen LogP contribution in [0.2, 0.25) is 5.32 Å². The molecule has 0 aliphatic heterocycles. The maximum absolute atomic E-state index is 9.26. The van der Waals surface area contributed by atoms with Crippen molar-refractivity contribution in [1.29, 1.82) is 0 Å². The summed E-state index contributed by atoms with van der Waals surface area (Å²) in [5.41, 5.74) is 0.824. The van der Waals surface area contributed by atoms with E-state index in [4.69, 9.17) is 9.84 Å². The van der Waals surface area contributed by atoms with Crippen LogP contribution in [0.3, 0.4) is 0 Å². The summed E-state index contributed by atoms with van der Waals surface area (Å²) in [7, 11) is 1.58. The second kappa shape index (κ2) is 6.89. The molecule has 90 valence electrons. The summed E-state index contributed by atoms with van der Waals surface area (Å²) in [4.78, 5) is 0. The fourth-order valence-corrected chi connectivity index (χ4v) is 3.18. The SMILES string of the molecule is COc1ccc([Se]C[C@@H](O)CO)c(CO)c1. The molecule has 5 heteroatoms. The van der Waals surface area contributed by atoms with Gasteiger partial charge in [-0.05, 0) is 0 Å². The topological polar surface area (TPSA) is 69.9 Å². The van der Waals surface area contributed by atoms with Gasteiger partial charge in [0, 0.05) is 0 Å². The van der Waals surface area contributed by atoms with Gasteiger partial charge < -0.3 is 0 Å². The summed E-state index contributed by atoms with van der Waals surface area (Å²) in [6.45, 7) is -0.254. The Morgan fingerprint density at radius 3 is 2.69 bits per heavy atom. The van der Waals surface area contributed by atoms with Crippen molar-refractivity contribution in [2.75, 3.05) is 13.7 Å². The Bertz CT molecular complexity index is 330. The Balaban J connectivity index is 2.71. The van der Waals surface area contributed by atoms with Gasteiger partial charge >= 0.3 is 101 Å². The summed E-state index contributed by atoms with van der Waals surface area (Å²) in [6.07, 6.45) is -0.673. The Hall–Kier alpha value is -0.581. The predicted molar refractivity (Wildman–Crippen MR) is 62.2 cm³/mol. The van der Waals surface area contributed by atoms with Crippen LogP contribution in [-0.2, 0) is 6.61 Å². The van der Waals surface area contributed by atoms with Crippen molar-refractivity contribution >= 4 is 19.4 Å². The van der Waals surface area contributed by atoms with Gasteiger partial charge in [-0.3, -0.25) is 0 Å². The van der Waals surface area contributed by atoms with Crippen LogP contribution in [0, 0.1) is 0 Å². The van der Waals surface area contributed by atoms with Crippen molar-refractivity contribution in [2.45, 2.75) is 18.0 Å². The van der Waals surface area contributed by atoms with Gasteiger partial charge in [-0.15, -0.1) is 0 Å². The number of aliphatic hydroxyl groups is 3. The molecule has 1 aromatic rings. The van der Waals surface area contributed by atoms with Gasteiger partial charge in [-0.25, -0.2) is 0 Å². The molecule has 4 nitrogen and oxygen atoms in total. The number of hydrogen-bond acceptors (Lipinski definition) is 4. The second-order valence-corrected chi connectivity index (χ2v) is 5.51. The first-order valence-electron chi connectivity index (χ1n) is 4.90. The minimum atomic E-state index is -0.673. The van der Waals surface area contributed by atoms with E-state index in [1.165, 1.54) is 0 Å². The van der Waals surface area contributed by atoms with Crippen LogP contribution >= 0.6 is 0 Å². The Labute approximate surface area is 101 Å². The third-order valence-corrected chi connectivity index (χ3v) is 4.73. The second-order valence-electron chi connectivity index (χ2n) is 3.28. The molecule has 0 heterocycles. The van der Waals surface area contributed by atoms with E-state index < -0.39 is 6.10 Å². The number of ether oxygens (including phenoxy) is 1. The van der Waals surface area contributed by atoms with Gasteiger partial charge in [0.15, 0.2) is 0 Å². The van der Waals surface area contributed by atoms with Gasteiger partial charge in [0.1, 0.15) is 0 Å². The van der Waals surface area contributed by atoms with Gasteiger partial charge in [0.25, 0.3) is 0 Å². The van der Waals surface area contributed by atoms with E-state index in [1.54, 1.807) is 13.2 Å². The van der Waals surface area contributed by atoms with E-state index in [9.17, 15) is 10.2 Å². The molecular formula is C11H16O4Se. The molecule has 0 aromatic heterocycles. The molecule has 0 saturated carbocycles. The molecule has 1 atom stereocenters. The first-order valence-corrected chi connectivity index (χ1v) is 6.97. The zero-order valence-electron chi connectivity index (χ0n) is 9.09. The van der Waals surface area contributed by atoms with Crippen LogP contribution in [0.5, 0.6) is 5.75 Å². The van der Waals surface area contributed by atoms with Crippen molar-refractivity contribution in [3.8, 4) is 5.75 Å². The van der Waals surface area contributed by atoms with E-state index >= 15 is 0 Å². The van der Waals surface area contributed by atoms with Crippen molar-refractivity contribution in [1.82, 2.24) is 0 Å². The zero-order valence-corrected chi connectivity index (χ0v) is 10.8. The Morgan fingerprint density at radius 1 is 1.38 bits per heavy atom. The molecule has 3 N–H and O–H groups in total. The normalized spacial score (nSPS) is 12.5. The third kappa shape index (κ3) is 3.77. The Kier molecular flexibility index (Phi) is 5.80. The molecule has 0 aliphatic carbocycles. The minimum absolute atomic E-state index is 0.0382. The van der Waals surface area contributed by atoms with Crippen molar-refractivity contribution < 1.29 is 20.1 Å². The first kappa shape index (κ1) is 13.5. The summed E-state index contributed by atoms with van der Waals surface area (Å²) < 4.78 is 6.10. The number of benzene rings is 1. The molecular weight excluding hydrogens is 275 g/mol. The molecule has 0 amide bonds. The molecule has 0 aliphatic rings. The number of aliphatic hydroxyl groups excluding tert-OH is 3. The molecule has 0 unspecified atom stereocenters. The fourth-order valence-electron chi connectivity index (χ4n) is 1.19. The van der Waals surface area contributed by atoms with Gasteiger partial charge in [0.05, 0.1) is 0 Å². The van der Waals surface area contributed by atoms with Crippen molar-refractivity contribution in [2.24, 2.45) is 0 Å². The molecule has 0 radical (unpaired) electrons. The number of methoxy groups -OCH3 is 1. The van der Waals surface area contributed by atoms with E-state index in [0.29, 0.717) is 11.1 Å². The molecule has 0 saturated heterocycles. The maximum atomic E-state index is 9.26. The van der Waals surface area contributed by atoms with Crippen LogP contribution in [0.4, 0.5) is 0 Å². The summed E-state index contributed by atoms with van der Waals surface area (Å²) in [5, 5.41) is 27.7. The van der Waals surface area contributed by atoms with E-state index in [2.05, 4.69) is 0 Å². The van der Waals surface area contributed by atoms with E-state index in [0.717, 1.165) is 10.0 Å². The summed E-state index contributed by atoms with van der Waals surface area (Å²) in [5.74, 6) is 0.714. The molecule has 0 bridgehead atoms. The average molecular weight is 291 g/mol. The standard InChI is InChI=1S/C11H16O4Se/c1-15-10-2-3-11(8(4-10)5-12)16-7-9(14)6-13/h2-4,9,12-14H,5-7H2,1H3/t9-/m0/s1. The van der Waals surface area contributed by atoms with Gasteiger partial charge in [-0.1, -0.05) is 0 Å². The fraction of sp³-hybridized carbons (Fsp3) is 0.455. The molecule has 1 rings (SSSR count). The predicted octanol–water partition coefficient (Wildman–Crippen LogP) is -0.712. The van der Waals surface area contributed by atoms with E-state index in [-0.39, 0.29) is 28.2 Å². The zero-order chi connectivity index (χ0) is 12.0. The number of hydrogen-bond donors (Lipinski definition) is 3. The summed E-state index contributed by atoms with van der Waals surface area (Å²) >= 11 is 0.0481. The summed E-state index contributed by atoms with van der Waals surface area (Å²) in [6, 6.07) is 5.53. The average Bonchev–Trinajstić information content (AvgIpc) is 2.35. The molecule has 1 aromatic carbocycles. The van der Waals surface area contributed by atoms with Crippen LogP contribution in [0.25, 0.3) is 0 Å². The van der Waals surface area contributed by atoms with Crippen molar-refractivity contribution in [3.05, 3.63) is 23.8 Å². The van der Waals surface area contributed by atoms with Crippen LogP contribution in [0.15, 0.2) is 18.2 Å². The first-order chi connectivity index (χ1) is 7.71. The van der Waals surface area contributed by atoms with Crippen LogP contribution in [-0.4, -0.2) is 50.1 Å². The molecule has 0 spiro atoms. The van der Waals surface area contributed by atoms with Crippen LogP contribution < -0.4 is 9.20 Å². The van der Waals surface area contributed by atoms with E-state index in [1.807, 2.05) is 12.1 Å². The third-order valence-electron chi connectivity index (χ3n) is 2.08. The quantitative estimate of drug-likeness (QED) is 0.606. The number of rotatable bonds is 6. The Morgan fingerprint density at radius 2 is 2.12 bits per heavy atom. The van der Waals surface area contributed by atoms with Crippen LogP contribution in [0.1, 0.15) is 5.56 Å². The molecule has 0 fully saturated rings. The van der Waals surface area contributed by atoms with Gasteiger partial charge in [-0.2, -0.15) is 0 Å². The molecule has 16 heavy (non-hydrogen) atoms. The van der Waals surface area contributed by atoms with Gasteiger partial charge in [0.2, 0.25) is 0 Å². The monoisotopic (exact) mass is 292 g/mol.